The Kier molecular flexibility index (Phi) is 4.57. The predicted octanol–water partition coefficient (Wildman–Crippen LogP) is 4.38. The monoisotopic (exact) mass is 371 g/mol. The summed E-state index contributed by atoms with van der Waals surface area (Å²) in [4.78, 5) is 13.7. The summed E-state index contributed by atoms with van der Waals surface area (Å²) in [5.74, 6) is 1.80. The molecule has 2 aliphatic rings. The number of rotatable bonds is 4. The molecular formula is C23H25N5. The molecule has 3 aromatic rings. The Hall–Kier alpha value is -3.08. The fraction of sp³-hybridized carbons (Fsp3) is 0.304. The van der Waals surface area contributed by atoms with Crippen molar-refractivity contribution in [3.05, 3.63) is 72.1 Å². The van der Waals surface area contributed by atoms with Crippen molar-refractivity contribution in [3.63, 3.8) is 0 Å². The minimum atomic E-state index is 0.831. The van der Waals surface area contributed by atoms with E-state index in [0.29, 0.717) is 0 Å². The van der Waals surface area contributed by atoms with Crippen molar-refractivity contribution in [2.75, 3.05) is 34.8 Å². The SMILES string of the molecule is c1ccc2c(c1)CCN(c1cc(Nc3ccc(N4CCCC4)cc3)ncn1)C2. The second-order valence-electron chi connectivity index (χ2n) is 7.57. The van der Waals surface area contributed by atoms with Crippen LogP contribution in [0, 0.1) is 0 Å². The summed E-state index contributed by atoms with van der Waals surface area (Å²) in [5.41, 5.74) is 5.19. The fourth-order valence-corrected chi connectivity index (χ4v) is 4.16. The lowest BCUT2D eigenvalue weighted by molar-refractivity contribution is 0.719. The quantitative estimate of drug-likeness (QED) is 0.737. The van der Waals surface area contributed by atoms with E-state index < -0.39 is 0 Å². The van der Waals surface area contributed by atoms with E-state index >= 15 is 0 Å². The molecule has 5 heteroatoms. The van der Waals surface area contributed by atoms with E-state index in [1.165, 1.54) is 42.7 Å². The van der Waals surface area contributed by atoms with Gasteiger partial charge in [-0.3, -0.25) is 0 Å². The lowest BCUT2D eigenvalue weighted by Crippen LogP contribution is -2.31. The standard InChI is InChI=1S/C23H25N5/c1-2-6-19-16-28(14-11-18(19)5-1)23-15-22(24-17-25-23)26-20-7-9-21(10-8-20)27-12-3-4-13-27/h1-2,5-10,15,17H,3-4,11-14,16H2,(H,24,25,26). The third-order valence-electron chi connectivity index (χ3n) is 5.72. The normalized spacial score (nSPS) is 16.1. The molecule has 0 saturated carbocycles. The van der Waals surface area contributed by atoms with Crippen LogP contribution in [0.3, 0.4) is 0 Å². The van der Waals surface area contributed by atoms with Crippen LogP contribution in [0.4, 0.5) is 23.0 Å². The maximum absolute atomic E-state index is 4.51. The molecule has 0 radical (unpaired) electrons. The van der Waals surface area contributed by atoms with Crippen molar-refractivity contribution < 1.29 is 0 Å². The van der Waals surface area contributed by atoms with Gasteiger partial charge in [-0.15, -0.1) is 0 Å². The molecule has 28 heavy (non-hydrogen) atoms. The molecule has 1 N–H and O–H groups in total. The van der Waals surface area contributed by atoms with Gasteiger partial charge in [0.05, 0.1) is 0 Å². The number of hydrogen-bond donors (Lipinski definition) is 1. The molecule has 5 rings (SSSR count). The van der Waals surface area contributed by atoms with E-state index in [2.05, 4.69) is 73.6 Å². The van der Waals surface area contributed by atoms with Crippen LogP contribution in [-0.2, 0) is 13.0 Å². The average molecular weight is 371 g/mol. The van der Waals surface area contributed by atoms with E-state index in [1.807, 2.05) is 6.07 Å². The summed E-state index contributed by atoms with van der Waals surface area (Å²) >= 11 is 0. The Balaban J connectivity index is 1.29. The van der Waals surface area contributed by atoms with Crippen molar-refractivity contribution in [1.82, 2.24) is 9.97 Å². The molecule has 1 aromatic heterocycles. The number of nitrogens with zero attached hydrogens (tertiary/aromatic N) is 4. The number of aromatic nitrogens is 2. The van der Waals surface area contributed by atoms with Crippen LogP contribution in [0.15, 0.2) is 60.9 Å². The molecule has 0 atom stereocenters. The van der Waals surface area contributed by atoms with Gasteiger partial charge in [-0.25, -0.2) is 9.97 Å². The van der Waals surface area contributed by atoms with Crippen molar-refractivity contribution >= 4 is 23.0 Å². The predicted molar refractivity (Wildman–Crippen MR) is 114 cm³/mol. The number of benzene rings is 2. The third kappa shape index (κ3) is 3.52. The zero-order valence-electron chi connectivity index (χ0n) is 16.0. The highest BCUT2D eigenvalue weighted by Gasteiger charge is 2.17. The molecule has 0 spiro atoms. The Morgan fingerprint density at radius 2 is 1.57 bits per heavy atom. The van der Waals surface area contributed by atoms with Crippen molar-refractivity contribution in [1.29, 1.82) is 0 Å². The lowest BCUT2D eigenvalue weighted by atomic mass is 10.00. The van der Waals surface area contributed by atoms with Crippen molar-refractivity contribution in [3.8, 4) is 0 Å². The first kappa shape index (κ1) is 17.0. The molecule has 1 saturated heterocycles. The highest BCUT2D eigenvalue weighted by Crippen LogP contribution is 2.26. The topological polar surface area (TPSA) is 44.3 Å². The summed E-state index contributed by atoms with van der Waals surface area (Å²) in [6.07, 6.45) is 5.30. The van der Waals surface area contributed by atoms with Gasteiger partial charge >= 0.3 is 0 Å². The lowest BCUT2D eigenvalue weighted by Gasteiger charge is -2.29. The van der Waals surface area contributed by atoms with Crippen LogP contribution in [0.5, 0.6) is 0 Å². The van der Waals surface area contributed by atoms with Gasteiger partial charge in [0, 0.05) is 43.6 Å². The van der Waals surface area contributed by atoms with E-state index in [-0.39, 0.29) is 0 Å². The van der Waals surface area contributed by atoms with E-state index in [9.17, 15) is 0 Å². The first-order chi connectivity index (χ1) is 13.8. The smallest absolute Gasteiger partial charge is 0.135 e. The van der Waals surface area contributed by atoms with Crippen LogP contribution >= 0.6 is 0 Å². The van der Waals surface area contributed by atoms with E-state index in [4.69, 9.17) is 0 Å². The molecule has 5 nitrogen and oxygen atoms in total. The first-order valence-corrected chi connectivity index (χ1v) is 10.1. The van der Waals surface area contributed by atoms with Gasteiger partial charge in [-0.05, 0) is 54.7 Å². The molecule has 2 aromatic carbocycles. The second-order valence-corrected chi connectivity index (χ2v) is 7.57. The van der Waals surface area contributed by atoms with Crippen LogP contribution in [0.2, 0.25) is 0 Å². The summed E-state index contributed by atoms with van der Waals surface area (Å²) in [5, 5.41) is 3.42. The van der Waals surface area contributed by atoms with Crippen molar-refractivity contribution in [2.45, 2.75) is 25.8 Å². The Morgan fingerprint density at radius 3 is 2.39 bits per heavy atom. The van der Waals surface area contributed by atoms with Gasteiger partial charge in [0.15, 0.2) is 0 Å². The zero-order chi connectivity index (χ0) is 18.8. The largest absolute Gasteiger partial charge is 0.372 e. The average Bonchev–Trinajstić information content (AvgIpc) is 3.29. The Morgan fingerprint density at radius 1 is 0.786 bits per heavy atom. The van der Waals surface area contributed by atoms with Crippen molar-refractivity contribution in [2.24, 2.45) is 0 Å². The Labute approximate surface area is 166 Å². The number of anilines is 4. The second kappa shape index (κ2) is 7.50. The maximum atomic E-state index is 4.51. The van der Waals surface area contributed by atoms with Crippen LogP contribution in [0.25, 0.3) is 0 Å². The first-order valence-electron chi connectivity index (χ1n) is 10.1. The fourth-order valence-electron chi connectivity index (χ4n) is 4.16. The van der Waals surface area contributed by atoms with E-state index in [0.717, 1.165) is 36.8 Å². The molecule has 2 aliphatic heterocycles. The van der Waals surface area contributed by atoms with Crippen LogP contribution in [-0.4, -0.2) is 29.6 Å². The molecule has 142 valence electrons. The molecule has 3 heterocycles. The molecule has 0 unspecified atom stereocenters. The van der Waals surface area contributed by atoms with Gasteiger partial charge in [0.1, 0.15) is 18.0 Å². The number of nitrogens with one attached hydrogen (secondary N) is 1. The van der Waals surface area contributed by atoms with E-state index in [1.54, 1.807) is 6.33 Å². The zero-order valence-corrected chi connectivity index (χ0v) is 16.0. The highest BCUT2D eigenvalue weighted by atomic mass is 15.2. The Bertz CT molecular complexity index is 947. The summed E-state index contributed by atoms with van der Waals surface area (Å²) in [7, 11) is 0. The molecule has 0 aliphatic carbocycles. The minimum absolute atomic E-state index is 0.831. The van der Waals surface area contributed by atoms with Gasteiger partial charge in [-0.2, -0.15) is 0 Å². The molecule has 0 bridgehead atoms. The van der Waals surface area contributed by atoms with Crippen LogP contribution < -0.4 is 15.1 Å². The molecule has 1 fully saturated rings. The van der Waals surface area contributed by atoms with Gasteiger partial charge in [-0.1, -0.05) is 24.3 Å². The summed E-state index contributed by atoms with van der Waals surface area (Å²) in [6, 6.07) is 19.4. The third-order valence-corrected chi connectivity index (χ3v) is 5.72. The summed E-state index contributed by atoms with van der Waals surface area (Å²) in [6.45, 7) is 4.22. The highest BCUT2D eigenvalue weighted by molar-refractivity contribution is 5.63. The van der Waals surface area contributed by atoms with Gasteiger partial charge in [0.2, 0.25) is 0 Å². The maximum Gasteiger partial charge on any atom is 0.135 e. The molecular weight excluding hydrogens is 346 g/mol. The summed E-state index contributed by atoms with van der Waals surface area (Å²) < 4.78 is 0. The number of fused-ring (bicyclic) bond motifs is 1. The van der Waals surface area contributed by atoms with Gasteiger partial charge < -0.3 is 15.1 Å². The van der Waals surface area contributed by atoms with Crippen LogP contribution in [0.1, 0.15) is 24.0 Å². The number of hydrogen-bond acceptors (Lipinski definition) is 5. The molecule has 0 amide bonds. The van der Waals surface area contributed by atoms with Gasteiger partial charge in [0.25, 0.3) is 0 Å². The minimum Gasteiger partial charge on any atom is -0.372 e.